The van der Waals surface area contributed by atoms with Crippen molar-refractivity contribution in [1.29, 1.82) is 0 Å². The Labute approximate surface area is 126 Å². The Balaban J connectivity index is 1.76. The number of nitrogens with zero attached hydrogens (tertiary/aromatic N) is 2. The number of likely N-dealkylation sites (N-methyl/N-ethyl adjacent to an activating group) is 1. The van der Waals surface area contributed by atoms with Gasteiger partial charge in [-0.25, -0.2) is 4.99 Å². The SMILES string of the molecule is CCc1ccc(CN=C(N)NCC2CCCN2CC)s1. The lowest BCUT2D eigenvalue weighted by molar-refractivity contribution is 0.267. The summed E-state index contributed by atoms with van der Waals surface area (Å²) in [6, 6.07) is 4.94. The molecule has 1 unspecified atom stereocenters. The molecule has 3 N–H and O–H groups in total. The van der Waals surface area contributed by atoms with Crippen molar-refractivity contribution in [2.45, 2.75) is 45.7 Å². The van der Waals surface area contributed by atoms with Crippen LogP contribution in [0.5, 0.6) is 0 Å². The predicted molar refractivity (Wildman–Crippen MR) is 87.3 cm³/mol. The molecule has 112 valence electrons. The van der Waals surface area contributed by atoms with E-state index in [2.05, 4.69) is 41.2 Å². The van der Waals surface area contributed by atoms with E-state index in [1.54, 1.807) is 0 Å². The van der Waals surface area contributed by atoms with Crippen molar-refractivity contribution in [3.05, 3.63) is 21.9 Å². The lowest BCUT2D eigenvalue weighted by Gasteiger charge is -2.23. The van der Waals surface area contributed by atoms with Gasteiger partial charge >= 0.3 is 0 Å². The maximum absolute atomic E-state index is 5.95. The summed E-state index contributed by atoms with van der Waals surface area (Å²) >= 11 is 1.82. The molecule has 1 atom stereocenters. The second kappa shape index (κ2) is 7.64. The van der Waals surface area contributed by atoms with Crippen LogP contribution in [0.4, 0.5) is 0 Å². The van der Waals surface area contributed by atoms with Crippen LogP contribution in [0.25, 0.3) is 0 Å². The minimum absolute atomic E-state index is 0.569. The normalized spacial score (nSPS) is 20.5. The van der Waals surface area contributed by atoms with Gasteiger partial charge in [-0.1, -0.05) is 13.8 Å². The van der Waals surface area contributed by atoms with E-state index in [0.29, 0.717) is 18.5 Å². The predicted octanol–water partition coefficient (Wildman–Crippen LogP) is 2.20. The first-order chi connectivity index (χ1) is 9.72. The molecule has 1 fully saturated rings. The Morgan fingerprint density at radius 2 is 2.25 bits per heavy atom. The Hall–Kier alpha value is -1.07. The third-order valence-corrected chi connectivity index (χ3v) is 5.11. The Morgan fingerprint density at radius 1 is 1.45 bits per heavy atom. The third kappa shape index (κ3) is 4.21. The first-order valence-electron chi connectivity index (χ1n) is 7.58. The highest BCUT2D eigenvalue weighted by Gasteiger charge is 2.22. The molecule has 2 rings (SSSR count). The largest absolute Gasteiger partial charge is 0.370 e. The second-order valence-corrected chi connectivity index (χ2v) is 6.48. The summed E-state index contributed by atoms with van der Waals surface area (Å²) in [5.74, 6) is 0.569. The van der Waals surface area contributed by atoms with Gasteiger partial charge in [0.1, 0.15) is 0 Å². The maximum Gasteiger partial charge on any atom is 0.189 e. The second-order valence-electron chi connectivity index (χ2n) is 5.23. The molecule has 2 heterocycles. The van der Waals surface area contributed by atoms with Crippen molar-refractivity contribution in [3.8, 4) is 0 Å². The van der Waals surface area contributed by atoms with Crippen LogP contribution < -0.4 is 11.1 Å². The average Bonchev–Trinajstić information content (AvgIpc) is 3.11. The zero-order valence-corrected chi connectivity index (χ0v) is 13.4. The maximum atomic E-state index is 5.95. The zero-order valence-electron chi connectivity index (χ0n) is 12.6. The number of likely N-dealkylation sites (tertiary alicyclic amines) is 1. The summed E-state index contributed by atoms with van der Waals surface area (Å²) in [6.07, 6.45) is 3.65. The number of guanidine groups is 1. The number of aryl methyl sites for hydroxylation is 1. The van der Waals surface area contributed by atoms with Crippen molar-refractivity contribution in [1.82, 2.24) is 10.2 Å². The van der Waals surface area contributed by atoms with Gasteiger partial charge in [-0.2, -0.15) is 0 Å². The molecule has 1 aliphatic rings. The topological polar surface area (TPSA) is 53.6 Å². The van der Waals surface area contributed by atoms with E-state index in [4.69, 9.17) is 5.73 Å². The molecule has 0 aliphatic carbocycles. The van der Waals surface area contributed by atoms with Crippen LogP contribution in [-0.2, 0) is 13.0 Å². The van der Waals surface area contributed by atoms with Crippen LogP contribution in [0.3, 0.4) is 0 Å². The fourth-order valence-electron chi connectivity index (χ4n) is 2.68. The minimum atomic E-state index is 0.569. The van der Waals surface area contributed by atoms with E-state index in [1.807, 2.05) is 11.3 Å². The van der Waals surface area contributed by atoms with Crippen LogP contribution in [0.1, 0.15) is 36.4 Å². The van der Waals surface area contributed by atoms with E-state index in [9.17, 15) is 0 Å². The van der Waals surface area contributed by atoms with Crippen LogP contribution >= 0.6 is 11.3 Å². The number of thiophene rings is 1. The molecule has 0 amide bonds. The number of nitrogens with one attached hydrogen (secondary N) is 1. The van der Waals surface area contributed by atoms with Crippen molar-refractivity contribution in [2.24, 2.45) is 10.7 Å². The van der Waals surface area contributed by atoms with Gasteiger partial charge in [0.05, 0.1) is 6.54 Å². The molecule has 4 nitrogen and oxygen atoms in total. The first kappa shape index (κ1) is 15.3. The highest BCUT2D eigenvalue weighted by molar-refractivity contribution is 7.11. The van der Waals surface area contributed by atoms with Gasteiger partial charge in [-0.05, 0) is 44.5 Å². The van der Waals surface area contributed by atoms with Crippen molar-refractivity contribution in [3.63, 3.8) is 0 Å². The molecule has 1 saturated heterocycles. The Bertz CT molecular complexity index is 441. The molecule has 20 heavy (non-hydrogen) atoms. The highest BCUT2D eigenvalue weighted by Crippen LogP contribution is 2.17. The number of rotatable bonds is 6. The van der Waals surface area contributed by atoms with Crippen molar-refractivity contribution >= 4 is 17.3 Å². The van der Waals surface area contributed by atoms with Gasteiger partial charge in [-0.15, -0.1) is 11.3 Å². The van der Waals surface area contributed by atoms with Crippen LogP contribution in [0.2, 0.25) is 0 Å². The van der Waals surface area contributed by atoms with E-state index in [0.717, 1.165) is 19.5 Å². The number of nitrogens with two attached hydrogens (primary N) is 1. The fraction of sp³-hybridized carbons (Fsp3) is 0.667. The minimum Gasteiger partial charge on any atom is -0.370 e. The molecule has 0 spiro atoms. The van der Waals surface area contributed by atoms with Gasteiger partial charge in [0.15, 0.2) is 5.96 Å². The van der Waals surface area contributed by atoms with Gasteiger partial charge in [-0.3, -0.25) is 4.90 Å². The van der Waals surface area contributed by atoms with E-state index < -0.39 is 0 Å². The first-order valence-corrected chi connectivity index (χ1v) is 8.40. The smallest absolute Gasteiger partial charge is 0.189 e. The highest BCUT2D eigenvalue weighted by atomic mass is 32.1. The summed E-state index contributed by atoms with van der Waals surface area (Å²) in [7, 11) is 0. The van der Waals surface area contributed by atoms with E-state index in [-0.39, 0.29) is 0 Å². The van der Waals surface area contributed by atoms with Crippen LogP contribution in [-0.4, -0.2) is 36.5 Å². The van der Waals surface area contributed by atoms with Gasteiger partial charge in [0, 0.05) is 22.3 Å². The molecule has 1 aromatic heterocycles. The molecule has 5 heteroatoms. The molecule has 1 aliphatic heterocycles. The third-order valence-electron chi connectivity index (χ3n) is 3.90. The van der Waals surface area contributed by atoms with Gasteiger partial charge in [0.2, 0.25) is 0 Å². The molecule has 0 saturated carbocycles. The molecule has 0 radical (unpaired) electrons. The van der Waals surface area contributed by atoms with E-state index >= 15 is 0 Å². The number of aliphatic imine (C=N–C) groups is 1. The molecule has 0 bridgehead atoms. The monoisotopic (exact) mass is 294 g/mol. The van der Waals surface area contributed by atoms with Crippen LogP contribution in [0, 0.1) is 0 Å². The molecular formula is C15H26N4S. The Kier molecular flexibility index (Phi) is 5.86. The van der Waals surface area contributed by atoms with Crippen molar-refractivity contribution < 1.29 is 0 Å². The molecule has 0 aromatic carbocycles. The quantitative estimate of drug-likeness (QED) is 0.625. The zero-order chi connectivity index (χ0) is 14.4. The van der Waals surface area contributed by atoms with Crippen LogP contribution in [0.15, 0.2) is 17.1 Å². The lowest BCUT2D eigenvalue weighted by Crippen LogP contribution is -2.42. The summed E-state index contributed by atoms with van der Waals surface area (Å²) in [5, 5.41) is 3.27. The molecule has 1 aromatic rings. The lowest BCUT2D eigenvalue weighted by atomic mass is 10.2. The number of hydrogen-bond acceptors (Lipinski definition) is 3. The summed E-state index contributed by atoms with van der Waals surface area (Å²) in [5.41, 5.74) is 5.95. The molecular weight excluding hydrogens is 268 g/mol. The summed E-state index contributed by atoms with van der Waals surface area (Å²) in [4.78, 5) is 9.62. The van der Waals surface area contributed by atoms with Gasteiger partial charge < -0.3 is 11.1 Å². The Morgan fingerprint density at radius 3 is 2.95 bits per heavy atom. The number of hydrogen-bond donors (Lipinski definition) is 2. The standard InChI is InChI=1S/C15H26N4S/c1-3-13-7-8-14(20-13)11-18-15(16)17-10-12-6-5-9-19(12)4-2/h7-8,12H,3-6,9-11H2,1-2H3,(H3,16,17,18). The average molecular weight is 294 g/mol. The van der Waals surface area contributed by atoms with Gasteiger partial charge in [0.25, 0.3) is 0 Å². The summed E-state index contributed by atoms with van der Waals surface area (Å²) < 4.78 is 0. The van der Waals surface area contributed by atoms with E-state index in [1.165, 1.54) is 29.1 Å². The fourth-order valence-corrected chi connectivity index (χ4v) is 3.56. The summed E-state index contributed by atoms with van der Waals surface area (Å²) in [6.45, 7) is 8.33. The van der Waals surface area contributed by atoms with Crippen molar-refractivity contribution in [2.75, 3.05) is 19.6 Å².